The first kappa shape index (κ1) is 27.0. The lowest BCUT2D eigenvalue weighted by molar-refractivity contribution is -0.416. The van der Waals surface area contributed by atoms with Gasteiger partial charge in [0, 0.05) is 39.1 Å². The maximum Gasteiger partial charge on any atom is 0.501 e. The van der Waals surface area contributed by atoms with Crippen LogP contribution in [0.15, 0.2) is 0 Å². The lowest BCUT2D eigenvalue weighted by atomic mass is 9.84. The molecule has 0 spiro atoms. The number of hydrogen-bond donors (Lipinski definition) is 0. The Bertz CT molecular complexity index is 391. The molecule has 0 aromatic rings. The lowest BCUT2D eigenvalue weighted by Crippen LogP contribution is -2.61. The van der Waals surface area contributed by atoms with Crippen LogP contribution in [0.2, 0.25) is 6.04 Å². The van der Waals surface area contributed by atoms with E-state index in [1.54, 1.807) is 0 Å². The van der Waals surface area contributed by atoms with E-state index in [0.717, 1.165) is 18.9 Å². The van der Waals surface area contributed by atoms with Crippen LogP contribution in [0.1, 0.15) is 80.6 Å². The second-order valence-corrected chi connectivity index (χ2v) is 10.6. The van der Waals surface area contributed by atoms with E-state index in [1.807, 2.05) is 34.6 Å². The van der Waals surface area contributed by atoms with Gasteiger partial charge in [-0.25, -0.2) is 0 Å². The standard InChI is InChI=1S/C22H46O6Si/c1-8-23-22(24-9-2,25-10-3)21(20-16-14-13-15-17-20)28-29(26-11-4,27-12-5)18-19(6)7/h19-21H,8-18H2,1-7H3. The van der Waals surface area contributed by atoms with Gasteiger partial charge in [0.15, 0.2) is 0 Å². The van der Waals surface area contributed by atoms with Gasteiger partial charge in [-0.15, -0.1) is 0 Å². The molecule has 174 valence electrons. The summed E-state index contributed by atoms with van der Waals surface area (Å²) in [5.41, 5.74) is 0. The molecule has 0 aliphatic heterocycles. The molecular formula is C22H46O6Si. The van der Waals surface area contributed by atoms with E-state index >= 15 is 0 Å². The fourth-order valence-corrected chi connectivity index (χ4v) is 7.43. The molecule has 0 aromatic heterocycles. The molecule has 0 heterocycles. The van der Waals surface area contributed by atoms with E-state index in [0.29, 0.717) is 39.0 Å². The van der Waals surface area contributed by atoms with Crippen molar-refractivity contribution in [2.75, 3.05) is 33.0 Å². The molecule has 1 rings (SSSR count). The quantitative estimate of drug-likeness (QED) is 0.240. The molecule has 1 atom stereocenters. The average Bonchev–Trinajstić information content (AvgIpc) is 2.67. The molecule has 0 amide bonds. The topological polar surface area (TPSA) is 55.4 Å². The highest BCUT2D eigenvalue weighted by atomic mass is 28.4. The first-order valence-corrected chi connectivity index (χ1v) is 13.7. The van der Waals surface area contributed by atoms with Gasteiger partial charge in [-0.1, -0.05) is 33.1 Å². The molecule has 0 saturated heterocycles. The van der Waals surface area contributed by atoms with Gasteiger partial charge in [-0.2, -0.15) is 0 Å². The third-order valence-corrected chi connectivity index (χ3v) is 8.54. The highest BCUT2D eigenvalue weighted by Crippen LogP contribution is 2.39. The third-order valence-electron chi connectivity index (χ3n) is 5.16. The molecule has 0 N–H and O–H groups in total. The minimum Gasteiger partial charge on any atom is -0.374 e. The van der Waals surface area contributed by atoms with Crippen molar-refractivity contribution in [1.82, 2.24) is 0 Å². The molecule has 0 radical (unpaired) electrons. The Morgan fingerprint density at radius 3 is 1.62 bits per heavy atom. The highest BCUT2D eigenvalue weighted by Gasteiger charge is 2.54. The fourth-order valence-electron chi connectivity index (χ4n) is 4.28. The van der Waals surface area contributed by atoms with Gasteiger partial charge in [0.2, 0.25) is 0 Å². The second-order valence-electron chi connectivity index (χ2n) is 7.99. The Balaban J connectivity index is 3.38. The van der Waals surface area contributed by atoms with Gasteiger partial charge < -0.3 is 27.5 Å². The molecule has 1 fully saturated rings. The SMILES string of the molecule is CCOC(OCC)(OCC)C(O[Si](CC(C)C)(OCC)OCC)C1CCCCC1. The summed E-state index contributed by atoms with van der Waals surface area (Å²) in [6.07, 6.45) is 5.40. The van der Waals surface area contributed by atoms with Crippen LogP contribution in [0.4, 0.5) is 0 Å². The largest absolute Gasteiger partial charge is 0.501 e. The van der Waals surface area contributed by atoms with Crippen molar-refractivity contribution >= 4 is 8.80 Å². The lowest BCUT2D eigenvalue weighted by Gasteiger charge is -2.46. The van der Waals surface area contributed by atoms with Gasteiger partial charge >= 0.3 is 14.8 Å². The molecule has 1 unspecified atom stereocenters. The third kappa shape index (κ3) is 8.20. The summed E-state index contributed by atoms with van der Waals surface area (Å²) in [5, 5.41) is 0. The van der Waals surface area contributed by atoms with Crippen LogP contribution in [0, 0.1) is 11.8 Å². The number of ether oxygens (including phenoxy) is 3. The van der Waals surface area contributed by atoms with Crippen LogP contribution in [-0.2, 0) is 27.5 Å². The maximum atomic E-state index is 6.91. The van der Waals surface area contributed by atoms with Crippen molar-refractivity contribution in [3.63, 3.8) is 0 Å². The summed E-state index contributed by atoms with van der Waals surface area (Å²) in [7, 11) is -2.94. The maximum absolute atomic E-state index is 6.91. The normalized spacial score (nSPS) is 17.8. The number of hydrogen-bond acceptors (Lipinski definition) is 6. The number of rotatable bonds is 16. The monoisotopic (exact) mass is 434 g/mol. The van der Waals surface area contributed by atoms with Crippen molar-refractivity contribution in [1.29, 1.82) is 0 Å². The minimum absolute atomic E-state index is 0.286. The van der Waals surface area contributed by atoms with Gasteiger partial charge in [-0.05, 0) is 59.3 Å². The van der Waals surface area contributed by atoms with Crippen molar-refractivity contribution in [2.24, 2.45) is 11.8 Å². The molecule has 7 heteroatoms. The molecule has 6 nitrogen and oxygen atoms in total. The van der Waals surface area contributed by atoms with Crippen LogP contribution < -0.4 is 0 Å². The molecular weight excluding hydrogens is 388 g/mol. The van der Waals surface area contributed by atoms with E-state index in [4.69, 9.17) is 27.5 Å². The smallest absolute Gasteiger partial charge is 0.374 e. The summed E-state index contributed by atoms with van der Waals surface area (Å²) >= 11 is 0. The molecule has 29 heavy (non-hydrogen) atoms. The molecule has 1 saturated carbocycles. The highest BCUT2D eigenvalue weighted by molar-refractivity contribution is 6.60. The molecule has 1 aliphatic carbocycles. The van der Waals surface area contributed by atoms with Crippen molar-refractivity contribution < 1.29 is 27.5 Å². The van der Waals surface area contributed by atoms with Crippen LogP contribution in [0.5, 0.6) is 0 Å². The predicted octanol–water partition coefficient (Wildman–Crippen LogP) is 5.38. The van der Waals surface area contributed by atoms with E-state index in [2.05, 4.69) is 13.8 Å². The van der Waals surface area contributed by atoms with E-state index in [1.165, 1.54) is 19.3 Å². The average molecular weight is 435 g/mol. The Labute approximate surface area is 180 Å². The summed E-state index contributed by atoms with van der Waals surface area (Å²) in [6.45, 7) is 16.8. The van der Waals surface area contributed by atoms with Crippen LogP contribution >= 0.6 is 0 Å². The van der Waals surface area contributed by atoms with E-state index < -0.39 is 14.8 Å². The van der Waals surface area contributed by atoms with Gasteiger partial charge in [0.25, 0.3) is 0 Å². The summed E-state index contributed by atoms with van der Waals surface area (Å²) < 4.78 is 38.0. The Morgan fingerprint density at radius 2 is 1.24 bits per heavy atom. The Kier molecular flexibility index (Phi) is 13.1. The van der Waals surface area contributed by atoms with Gasteiger partial charge in [-0.3, -0.25) is 0 Å². The van der Waals surface area contributed by atoms with Gasteiger partial charge in [0.1, 0.15) is 6.10 Å². The summed E-state index contributed by atoms with van der Waals surface area (Å²) in [6, 6.07) is 0.762. The zero-order valence-electron chi connectivity index (χ0n) is 20.0. The fraction of sp³-hybridized carbons (Fsp3) is 1.00. The van der Waals surface area contributed by atoms with Crippen LogP contribution in [0.3, 0.4) is 0 Å². The van der Waals surface area contributed by atoms with Crippen LogP contribution in [0.25, 0.3) is 0 Å². The van der Waals surface area contributed by atoms with E-state index in [-0.39, 0.29) is 12.0 Å². The second kappa shape index (κ2) is 14.1. The first-order chi connectivity index (χ1) is 13.9. The van der Waals surface area contributed by atoms with Crippen molar-refractivity contribution in [2.45, 2.75) is 98.7 Å². The van der Waals surface area contributed by atoms with E-state index in [9.17, 15) is 0 Å². The Morgan fingerprint density at radius 1 is 0.759 bits per heavy atom. The van der Waals surface area contributed by atoms with Crippen LogP contribution in [-0.4, -0.2) is 53.9 Å². The summed E-state index contributed by atoms with van der Waals surface area (Å²) in [5.74, 6) is -0.551. The molecule has 0 bridgehead atoms. The van der Waals surface area contributed by atoms with Crippen molar-refractivity contribution in [3.05, 3.63) is 0 Å². The zero-order valence-corrected chi connectivity index (χ0v) is 21.0. The predicted molar refractivity (Wildman–Crippen MR) is 118 cm³/mol. The first-order valence-electron chi connectivity index (χ1n) is 11.8. The molecule has 0 aromatic carbocycles. The van der Waals surface area contributed by atoms with Gasteiger partial charge in [0.05, 0.1) is 0 Å². The summed E-state index contributed by atoms with van der Waals surface area (Å²) in [4.78, 5) is 0. The zero-order chi connectivity index (χ0) is 21.8. The minimum atomic E-state index is -2.94. The molecule has 1 aliphatic rings. The Hall–Kier alpha value is -0.0231. The van der Waals surface area contributed by atoms with Crippen molar-refractivity contribution in [3.8, 4) is 0 Å².